The zero-order valence-electron chi connectivity index (χ0n) is 12.4. The number of urea groups is 1. The van der Waals surface area contributed by atoms with E-state index in [1.54, 1.807) is 0 Å². The van der Waals surface area contributed by atoms with Gasteiger partial charge in [-0.2, -0.15) is 9.69 Å². The molecule has 1 aliphatic heterocycles. The van der Waals surface area contributed by atoms with E-state index < -0.39 is 27.2 Å². The Balaban J connectivity index is 2.18. The van der Waals surface area contributed by atoms with Gasteiger partial charge in [0.1, 0.15) is 6.21 Å². The maximum Gasteiger partial charge on any atom is 0.500 e. The quantitative estimate of drug-likeness (QED) is 0.599. The molecule has 1 N–H and O–H groups in total. The van der Waals surface area contributed by atoms with Gasteiger partial charge in [-0.25, -0.2) is 22.5 Å². The van der Waals surface area contributed by atoms with Crippen LogP contribution in [0.4, 0.5) is 4.79 Å². The Bertz CT molecular complexity index is 562. The summed E-state index contributed by atoms with van der Waals surface area (Å²) in [7, 11) is -1.09. The molecule has 2 rings (SSSR count). The average Bonchev–Trinajstić information content (AvgIpc) is 2.68. The predicted molar refractivity (Wildman–Crippen MR) is 77.7 cm³/mol. The van der Waals surface area contributed by atoms with Gasteiger partial charge < -0.3 is 0 Å². The van der Waals surface area contributed by atoms with E-state index in [4.69, 9.17) is 0 Å². The molecule has 0 saturated heterocycles. The van der Waals surface area contributed by atoms with Crippen LogP contribution in [0.15, 0.2) is 0 Å². The summed E-state index contributed by atoms with van der Waals surface area (Å²) >= 11 is 0. The molecule has 0 aromatic carbocycles. The molecule has 1 heterocycles. The lowest BCUT2D eigenvalue weighted by Crippen LogP contribution is -2.56. The summed E-state index contributed by atoms with van der Waals surface area (Å²) < 4.78 is 28.7. The SMILES string of the molecule is CN1C(=O)C(S(=O)(=O)NC2CCCCCC2)C=[N+](C)C1=O. The number of nitrogens with one attached hydrogen (secondary N) is 1. The molecule has 7 nitrogen and oxygen atoms in total. The summed E-state index contributed by atoms with van der Waals surface area (Å²) in [5.74, 6) is -0.709. The van der Waals surface area contributed by atoms with Crippen LogP contribution in [0.2, 0.25) is 0 Å². The summed E-state index contributed by atoms with van der Waals surface area (Å²) in [6, 6.07) is -0.646. The summed E-state index contributed by atoms with van der Waals surface area (Å²) in [6.07, 6.45) is 6.99. The molecular formula is C13H22N3O4S+. The molecule has 1 aliphatic carbocycles. The first-order valence-electron chi connectivity index (χ1n) is 7.23. The monoisotopic (exact) mass is 316 g/mol. The highest BCUT2D eigenvalue weighted by molar-refractivity contribution is 7.91. The van der Waals surface area contributed by atoms with E-state index in [1.807, 2.05) is 0 Å². The fourth-order valence-corrected chi connectivity index (χ4v) is 4.38. The molecule has 0 aromatic rings. The van der Waals surface area contributed by atoms with Crippen molar-refractivity contribution in [1.82, 2.24) is 9.62 Å². The van der Waals surface area contributed by atoms with Gasteiger partial charge >= 0.3 is 11.9 Å². The van der Waals surface area contributed by atoms with Crippen molar-refractivity contribution in [2.45, 2.75) is 49.8 Å². The molecule has 1 unspecified atom stereocenters. The van der Waals surface area contributed by atoms with Crippen molar-refractivity contribution in [3.8, 4) is 0 Å². The lowest BCUT2D eigenvalue weighted by Gasteiger charge is -2.22. The van der Waals surface area contributed by atoms with Gasteiger partial charge in [0, 0.05) is 6.04 Å². The van der Waals surface area contributed by atoms with E-state index in [-0.39, 0.29) is 6.04 Å². The summed E-state index contributed by atoms with van der Waals surface area (Å²) in [6.45, 7) is 0. The Kier molecular flexibility index (Phi) is 4.77. The lowest BCUT2D eigenvalue weighted by atomic mass is 10.1. The first kappa shape index (κ1) is 16.1. The van der Waals surface area contributed by atoms with Gasteiger partial charge in [0.2, 0.25) is 15.3 Å². The molecule has 0 radical (unpaired) electrons. The molecule has 0 bridgehead atoms. The average molecular weight is 316 g/mol. The molecule has 2 aliphatic rings. The van der Waals surface area contributed by atoms with Crippen molar-refractivity contribution in [3.05, 3.63) is 0 Å². The summed E-state index contributed by atoms with van der Waals surface area (Å²) in [5, 5.41) is -1.34. The van der Waals surface area contributed by atoms with Crippen molar-refractivity contribution in [2.24, 2.45) is 0 Å². The van der Waals surface area contributed by atoms with Gasteiger partial charge in [0.25, 0.3) is 0 Å². The van der Waals surface area contributed by atoms with E-state index >= 15 is 0 Å². The molecule has 118 valence electrons. The summed E-state index contributed by atoms with van der Waals surface area (Å²) in [5.41, 5.74) is 0. The van der Waals surface area contributed by atoms with Gasteiger partial charge in [0.15, 0.2) is 0 Å². The van der Waals surface area contributed by atoms with Crippen LogP contribution in [0.1, 0.15) is 38.5 Å². The van der Waals surface area contributed by atoms with Crippen molar-refractivity contribution >= 4 is 28.2 Å². The number of imide groups is 1. The Morgan fingerprint density at radius 3 is 2.33 bits per heavy atom. The van der Waals surface area contributed by atoms with E-state index in [0.29, 0.717) is 0 Å². The Hall–Kier alpha value is -1.28. The minimum Gasteiger partial charge on any atom is -0.245 e. The third-order valence-corrected chi connectivity index (χ3v) is 5.70. The van der Waals surface area contributed by atoms with Gasteiger partial charge in [-0.1, -0.05) is 25.7 Å². The van der Waals surface area contributed by atoms with Crippen LogP contribution < -0.4 is 4.72 Å². The van der Waals surface area contributed by atoms with Crippen molar-refractivity contribution in [1.29, 1.82) is 0 Å². The van der Waals surface area contributed by atoms with Crippen LogP contribution in [-0.2, 0) is 14.8 Å². The highest BCUT2D eigenvalue weighted by atomic mass is 32.2. The summed E-state index contributed by atoms with van der Waals surface area (Å²) in [4.78, 5) is 24.5. The predicted octanol–water partition coefficient (Wildman–Crippen LogP) is 0.302. The van der Waals surface area contributed by atoms with Crippen LogP contribution >= 0.6 is 0 Å². The van der Waals surface area contributed by atoms with E-state index in [1.165, 1.54) is 20.3 Å². The Morgan fingerprint density at radius 1 is 1.19 bits per heavy atom. The molecule has 8 heteroatoms. The van der Waals surface area contributed by atoms with Crippen LogP contribution in [-0.4, -0.2) is 61.4 Å². The minimum absolute atomic E-state index is 0.119. The van der Waals surface area contributed by atoms with Crippen LogP contribution in [0.5, 0.6) is 0 Å². The largest absolute Gasteiger partial charge is 0.500 e. The number of hydrogen-bond donors (Lipinski definition) is 1. The van der Waals surface area contributed by atoms with E-state index in [2.05, 4.69) is 4.72 Å². The van der Waals surface area contributed by atoms with Crippen LogP contribution in [0.3, 0.4) is 0 Å². The first-order chi connectivity index (χ1) is 9.83. The third-order valence-electron chi connectivity index (χ3n) is 4.04. The van der Waals surface area contributed by atoms with Crippen LogP contribution in [0.25, 0.3) is 0 Å². The number of nitrogens with zero attached hydrogens (tertiary/aromatic N) is 2. The first-order valence-corrected chi connectivity index (χ1v) is 8.78. The van der Waals surface area contributed by atoms with E-state index in [9.17, 15) is 18.0 Å². The fourth-order valence-electron chi connectivity index (χ4n) is 2.77. The Morgan fingerprint density at radius 2 is 1.76 bits per heavy atom. The van der Waals surface area contributed by atoms with Crippen molar-refractivity contribution in [2.75, 3.05) is 14.1 Å². The maximum absolute atomic E-state index is 12.4. The number of hydrogen-bond acceptors (Lipinski definition) is 4. The second-order valence-corrected chi connectivity index (χ2v) is 7.55. The number of carbonyl (C=O) groups is 2. The van der Waals surface area contributed by atoms with Crippen LogP contribution in [0, 0.1) is 0 Å². The number of rotatable bonds is 3. The fraction of sp³-hybridized carbons (Fsp3) is 0.769. The highest BCUT2D eigenvalue weighted by Crippen LogP contribution is 2.19. The van der Waals surface area contributed by atoms with E-state index in [0.717, 1.165) is 48.0 Å². The highest BCUT2D eigenvalue weighted by Gasteiger charge is 2.46. The molecule has 1 saturated carbocycles. The van der Waals surface area contributed by atoms with Gasteiger partial charge in [-0.15, -0.1) is 0 Å². The Labute approximate surface area is 125 Å². The normalized spacial score (nSPS) is 25.7. The standard InChI is InChI=1S/C13H22N3O4S/c1-15-9-11(12(17)16(2)13(15)18)21(19,20)14-10-7-5-3-4-6-8-10/h9-11,14H,3-8H2,1-2H3/q+1. The number of sulfonamides is 1. The van der Waals surface area contributed by atoms with Gasteiger partial charge in [-0.3, -0.25) is 0 Å². The molecule has 0 spiro atoms. The lowest BCUT2D eigenvalue weighted by molar-refractivity contribution is -0.399. The molecule has 1 fully saturated rings. The molecule has 1 atom stereocenters. The zero-order valence-corrected chi connectivity index (χ0v) is 13.2. The third kappa shape index (κ3) is 3.49. The number of amides is 3. The molecular weight excluding hydrogens is 294 g/mol. The van der Waals surface area contributed by atoms with Gasteiger partial charge in [-0.05, 0) is 12.8 Å². The topological polar surface area (TPSA) is 86.6 Å². The second-order valence-electron chi connectivity index (χ2n) is 5.71. The molecule has 3 amide bonds. The minimum atomic E-state index is -3.83. The second kappa shape index (κ2) is 6.23. The van der Waals surface area contributed by atoms with Crippen molar-refractivity contribution < 1.29 is 22.6 Å². The molecule has 0 aromatic heterocycles. The van der Waals surface area contributed by atoms with Gasteiger partial charge in [0.05, 0.1) is 14.1 Å². The maximum atomic E-state index is 12.4. The van der Waals surface area contributed by atoms with Crippen molar-refractivity contribution in [3.63, 3.8) is 0 Å². The smallest absolute Gasteiger partial charge is 0.245 e. The zero-order chi connectivity index (χ0) is 15.6. The number of carbonyl (C=O) groups excluding carboxylic acids is 2. The molecule has 21 heavy (non-hydrogen) atoms.